The van der Waals surface area contributed by atoms with E-state index in [9.17, 15) is 9.59 Å². The Morgan fingerprint density at radius 2 is 2.08 bits per heavy atom. The smallest absolute Gasteiger partial charge is 0.348 e. The molecule has 6 nitrogen and oxygen atoms in total. The average molecular weight is 330 g/mol. The van der Waals surface area contributed by atoms with Gasteiger partial charge in [-0.3, -0.25) is 0 Å². The fourth-order valence-corrected chi connectivity index (χ4v) is 2.20. The number of esters is 2. The minimum absolute atomic E-state index is 0.117. The number of allylic oxidation sites excluding steroid dienone is 5. The van der Waals surface area contributed by atoms with Crippen LogP contribution in [0.25, 0.3) is 0 Å². The first kappa shape index (κ1) is 19.2. The summed E-state index contributed by atoms with van der Waals surface area (Å²) in [5, 5.41) is 9.01. The Bertz CT molecular complexity index is 650. The minimum Gasteiger partial charge on any atom is -0.465 e. The molecule has 1 rings (SSSR count). The number of nitriles is 1. The number of carbonyl (C=O) groups excluding carboxylic acids is 2. The molecule has 6 heteroatoms. The quantitative estimate of drug-likeness (QED) is 0.423. The minimum atomic E-state index is -0.704. The number of hydrogen-bond acceptors (Lipinski definition) is 6. The number of methoxy groups -OCH3 is 1. The van der Waals surface area contributed by atoms with Crippen molar-refractivity contribution in [3.8, 4) is 6.07 Å². The predicted molar refractivity (Wildman–Crippen MR) is 89.2 cm³/mol. The van der Waals surface area contributed by atoms with Gasteiger partial charge in [-0.2, -0.15) is 5.26 Å². The average Bonchev–Trinajstić information content (AvgIpc) is 2.57. The molecule has 0 radical (unpaired) electrons. The molecule has 0 saturated heterocycles. The van der Waals surface area contributed by atoms with E-state index in [0.717, 1.165) is 5.57 Å². The summed E-state index contributed by atoms with van der Waals surface area (Å²) in [4.78, 5) is 25.4. The van der Waals surface area contributed by atoms with E-state index in [1.807, 2.05) is 32.2 Å². The maximum Gasteiger partial charge on any atom is 0.348 e. The summed E-state index contributed by atoms with van der Waals surface area (Å²) in [6.45, 7) is 5.88. The number of ether oxygens (including phenoxy) is 2. The fourth-order valence-electron chi connectivity index (χ4n) is 2.20. The van der Waals surface area contributed by atoms with Crippen LogP contribution in [0, 0.1) is 11.3 Å². The van der Waals surface area contributed by atoms with E-state index in [1.165, 1.54) is 13.2 Å². The summed E-state index contributed by atoms with van der Waals surface area (Å²) < 4.78 is 9.68. The van der Waals surface area contributed by atoms with Crippen molar-refractivity contribution in [3.05, 3.63) is 47.3 Å². The van der Waals surface area contributed by atoms with Crippen LogP contribution in [0.15, 0.2) is 47.3 Å². The fraction of sp³-hybridized carbons (Fsp3) is 0.389. The second kappa shape index (κ2) is 9.36. The molecule has 1 heterocycles. The standard InChI is InChI=1S/C18H22N2O4/c1-5-16(18(22)24-6-2)20-12-13(3)7-9-15(20)10-8-14(11-19)17(21)23-4/h7-10,12,16H,5-6H2,1-4H3/b14-8+,15-10+. The lowest BCUT2D eigenvalue weighted by atomic mass is 10.1. The highest BCUT2D eigenvalue weighted by Gasteiger charge is 2.26. The molecule has 0 spiro atoms. The van der Waals surface area contributed by atoms with E-state index >= 15 is 0 Å². The van der Waals surface area contributed by atoms with Gasteiger partial charge in [0.2, 0.25) is 0 Å². The molecule has 1 unspecified atom stereocenters. The van der Waals surface area contributed by atoms with Crippen LogP contribution >= 0.6 is 0 Å². The molecule has 0 bridgehead atoms. The molecular weight excluding hydrogens is 308 g/mol. The topological polar surface area (TPSA) is 79.6 Å². The molecule has 0 aromatic rings. The van der Waals surface area contributed by atoms with Crippen molar-refractivity contribution >= 4 is 11.9 Å². The zero-order valence-electron chi connectivity index (χ0n) is 14.4. The lowest BCUT2D eigenvalue weighted by Gasteiger charge is -2.31. The van der Waals surface area contributed by atoms with Gasteiger partial charge in [0.15, 0.2) is 0 Å². The van der Waals surface area contributed by atoms with Gasteiger partial charge < -0.3 is 14.4 Å². The second-order valence-electron chi connectivity index (χ2n) is 5.07. The third kappa shape index (κ3) is 4.85. The Labute approximate surface area is 142 Å². The van der Waals surface area contributed by atoms with Gasteiger partial charge in [0, 0.05) is 11.9 Å². The van der Waals surface area contributed by atoms with Crippen LogP contribution < -0.4 is 0 Å². The van der Waals surface area contributed by atoms with Gasteiger partial charge in [0.05, 0.1) is 13.7 Å². The third-order valence-corrected chi connectivity index (χ3v) is 3.39. The molecule has 0 aliphatic carbocycles. The Balaban J connectivity index is 3.20. The van der Waals surface area contributed by atoms with Crippen molar-refractivity contribution in [1.29, 1.82) is 5.26 Å². The highest BCUT2D eigenvalue weighted by molar-refractivity contribution is 5.93. The molecule has 0 aromatic heterocycles. The first-order valence-electron chi connectivity index (χ1n) is 7.70. The molecule has 0 N–H and O–H groups in total. The largest absolute Gasteiger partial charge is 0.465 e. The normalized spacial score (nSPS) is 17.1. The summed E-state index contributed by atoms with van der Waals surface area (Å²) >= 11 is 0. The molecule has 1 atom stereocenters. The van der Waals surface area contributed by atoms with Crippen LogP contribution in [0.5, 0.6) is 0 Å². The Morgan fingerprint density at radius 3 is 2.62 bits per heavy atom. The van der Waals surface area contributed by atoms with E-state index in [4.69, 9.17) is 10.00 Å². The lowest BCUT2D eigenvalue weighted by Crippen LogP contribution is -2.38. The van der Waals surface area contributed by atoms with Crippen molar-refractivity contribution in [2.45, 2.75) is 33.2 Å². The number of rotatable bonds is 6. The summed E-state index contributed by atoms with van der Waals surface area (Å²) in [6.07, 6.45) is 9.09. The molecule has 24 heavy (non-hydrogen) atoms. The number of carbonyl (C=O) groups is 2. The first-order valence-corrected chi connectivity index (χ1v) is 7.70. The van der Waals surface area contributed by atoms with Crippen LogP contribution in [0.3, 0.4) is 0 Å². The first-order chi connectivity index (χ1) is 11.5. The van der Waals surface area contributed by atoms with Crippen molar-refractivity contribution < 1.29 is 19.1 Å². The van der Waals surface area contributed by atoms with E-state index < -0.39 is 12.0 Å². The predicted octanol–water partition coefficient (Wildman–Crippen LogP) is 2.61. The SMILES string of the molecule is CCOC(=O)C(CC)N1C=C(C)C=C/C1=C\C=C(/C#N)C(=O)OC. The van der Waals surface area contributed by atoms with Crippen LogP contribution in [-0.4, -0.2) is 36.6 Å². The van der Waals surface area contributed by atoms with Crippen molar-refractivity contribution in [2.75, 3.05) is 13.7 Å². The van der Waals surface area contributed by atoms with E-state index in [1.54, 1.807) is 24.0 Å². The molecule has 128 valence electrons. The van der Waals surface area contributed by atoms with Crippen LogP contribution in [0.2, 0.25) is 0 Å². The second-order valence-corrected chi connectivity index (χ2v) is 5.07. The molecule has 1 aliphatic heterocycles. The Hall–Kier alpha value is -2.81. The summed E-state index contributed by atoms with van der Waals surface area (Å²) in [5.41, 5.74) is 1.54. The molecule has 0 amide bonds. The van der Waals surface area contributed by atoms with Crippen molar-refractivity contribution in [1.82, 2.24) is 4.90 Å². The van der Waals surface area contributed by atoms with Crippen LogP contribution in [0.1, 0.15) is 27.2 Å². The van der Waals surface area contributed by atoms with Gasteiger partial charge in [-0.1, -0.05) is 13.0 Å². The summed E-state index contributed by atoms with van der Waals surface area (Å²) in [7, 11) is 1.22. The third-order valence-electron chi connectivity index (χ3n) is 3.39. The van der Waals surface area contributed by atoms with Gasteiger partial charge in [-0.05, 0) is 44.1 Å². The van der Waals surface area contributed by atoms with Crippen LogP contribution in [0.4, 0.5) is 0 Å². The van der Waals surface area contributed by atoms with Gasteiger partial charge in [-0.15, -0.1) is 0 Å². The molecule has 0 aromatic carbocycles. The number of nitrogens with zero attached hydrogens (tertiary/aromatic N) is 2. The maximum absolute atomic E-state index is 12.2. The highest BCUT2D eigenvalue weighted by Crippen LogP contribution is 2.22. The van der Waals surface area contributed by atoms with Crippen LogP contribution in [-0.2, 0) is 19.1 Å². The van der Waals surface area contributed by atoms with E-state index in [0.29, 0.717) is 18.7 Å². The van der Waals surface area contributed by atoms with E-state index in [2.05, 4.69) is 4.74 Å². The highest BCUT2D eigenvalue weighted by atomic mass is 16.5. The lowest BCUT2D eigenvalue weighted by molar-refractivity contribution is -0.148. The monoisotopic (exact) mass is 330 g/mol. The summed E-state index contributed by atoms with van der Waals surface area (Å²) in [5.74, 6) is -1.02. The zero-order valence-corrected chi connectivity index (χ0v) is 14.4. The Kier molecular flexibility index (Phi) is 7.50. The Morgan fingerprint density at radius 1 is 1.38 bits per heavy atom. The molecule has 1 aliphatic rings. The van der Waals surface area contributed by atoms with Crippen molar-refractivity contribution in [3.63, 3.8) is 0 Å². The zero-order chi connectivity index (χ0) is 18.1. The maximum atomic E-state index is 12.2. The summed E-state index contributed by atoms with van der Waals surface area (Å²) in [6, 6.07) is 1.32. The van der Waals surface area contributed by atoms with Gasteiger partial charge in [0.25, 0.3) is 0 Å². The van der Waals surface area contributed by atoms with E-state index in [-0.39, 0.29) is 11.5 Å². The van der Waals surface area contributed by atoms with Gasteiger partial charge in [0.1, 0.15) is 17.7 Å². The van der Waals surface area contributed by atoms with Gasteiger partial charge in [-0.25, -0.2) is 9.59 Å². The number of hydrogen-bond donors (Lipinski definition) is 0. The van der Waals surface area contributed by atoms with Gasteiger partial charge >= 0.3 is 11.9 Å². The molecular formula is C18H22N2O4. The molecule has 0 saturated carbocycles. The van der Waals surface area contributed by atoms with Crippen molar-refractivity contribution in [2.24, 2.45) is 0 Å². The molecule has 0 fully saturated rings.